The molecule has 2 atom stereocenters. The van der Waals surface area contributed by atoms with Crippen LogP contribution in [-0.2, 0) is 6.61 Å². The van der Waals surface area contributed by atoms with Gasteiger partial charge in [0.1, 0.15) is 12.4 Å². The lowest BCUT2D eigenvalue weighted by Gasteiger charge is -2.36. The molecule has 3 rings (SSSR count). The largest absolute Gasteiger partial charge is 0.487 e. The summed E-state index contributed by atoms with van der Waals surface area (Å²) >= 11 is 0. The summed E-state index contributed by atoms with van der Waals surface area (Å²) in [5, 5.41) is 0. The average molecular weight is 325 g/mol. The van der Waals surface area contributed by atoms with Gasteiger partial charge < -0.3 is 15.4 Å². The molecule has 1 amide bonds. The molecule has 0 unspecified atom stereocenters. The van der Waals surface area contributed by atoms with E-state index in [1.165, 1.54) is 0 Å². The first kappa shape index (κ1) is 16.5. The van der Waals surface area contributed by atoms with Gasteiger partial charge in [0, 0.05) is 30.4 Å². The zero-order chi connectivity index (χ0) is 16.9. The number of benzene rings is 1. The van der Waals surface area contributed by atoms with E-state index in [9.17, 15) is 4.79 Å². The minimum absolute atomic E-state index is 0.0608. The third-order valence-corrected chi connectivity index (χ3v) is 4.39. The third-order valence-electron chi connectivity index (χ3n) is 4.39. The van der Waals surface area contributed by atoms with Crippen LogP contribution in [0.1, 0.15) is 35.8 Å². The smallest absolute Gasteiger partial charge is 0.254 e. The van der Waals surface area contributed by atoms with Crippen LogP contribution in [0.3, 0.4) is 0 Å². The molecule has 2 heterocycles. The summed E-state index contributed by atoms with van der Waals surface area (Å²) in [6.07, 6.45) is 3.46. The van der Waals surface area contributed by atoms with Crippen molar-refractivity contribution in [3.63, 3.8) is 0 Å². The fourth-order valence-electron chi connectivity index (χ4n) is 3.01. The molecule has 2 N–H and O–H groups in total. The number of nitrogens with zero attached hydrogens (tertiary/aromatic N) is 2. The molecular weight excluding hydrogens is 302 g/mol. The molecule has 0 saturated carbocycles. The van der Waals surface area contributed by atoms with Crippen molar-refractivity contribution in [2.45, 2.75) is 38.5 Å². The summed E-state index contributed by atoms with van der Waals surface area (Å²) in [5.74, 6) is 0.789. The number of ether oxygens (including phenoxy) is 1. The van der Waals surface area contributed by atoms with Crippen molar-refractivity contribution in [2.24, 2.45) is 5.73 Å². The maximum atomic E-state index is 12.6. The third kappa shape index (κ3) is 3.92. The Morgan fingerprint density at radius 2 is 2.08 bits per heavy atom. The number of carbonyl (C=O) groups is 1. The van der Waals surface area contributed by atoms with E-state index in [1.807, 2.05) is 47.4 Å². The first-order chi connectivity index (χ1) is 11.6. The molecule has 5 heteroatoms. The summed E-state index contributed by atoms with van der Waals surface area (Å²) in [5.41, 5.74) is 7.52. The fraction of sp³-hybridized carbons (Fsp3) is 0.368. The fourth-order valence-corrected chi connectivity index (χ4v) is 3.01. The number of nitrogens with two attached hydrogens (primary N) is 1. The van der Waals surface area contributed by atoms with Gasteiger partial charge in [-0.3, -0.25) is 9.78 Å². The summed E-state index contributed by atoms with van der Waals surface area (Å²) < 4.78 is 5.70. The predicted molar refractivity (Wildman–Crippen MR) is 92.7 cm³/mol. The molecule has 0 bridgehead atoms. The molecule has 0 aliphatic carbocycles. The van der Waals surface area contributed by atoms with Crippen molar-refractivity contribution < 1.29 is 9.53 Å². The Bertz CT molecular complexity index is 673. The predicted octanol–water partition coefficient (Wildman–Crippen LogP) is 2.61. The number of likely N-dealkylation sites (tertiary alicyclic amines) is 1. The second kappa shape index (κ2) is 7.45. The van der Waals surface area contributed by atoms with E-state index in [0.717, 1.165) is 30.8 Å². The lowest BCUT2D eigenvalue weighted by molar-refractivity contribution is 0.0619. The average Bonchev–Trinajstić information content (AvgIpc) is 2.61. The van der Waals surface area contributed by atoms with Crippen molar-refractivity contribution in [1.29, 1.82) is 0 Å². The van der Waals surface area contributed by atoms with Crippen LogP contribution in [0.5, 0.6) is 5.75 Å². The van der Waals surface area contributed by atoms with Crippen LogP contribution in [0.25, 0.3) is 0 Å². The van der Waals surface area contributed by atoms with Crippen molar-refractivity contribution in [3.05, 3.63) is 59.9 Å². The molecule has 1 aliphatic rings. The standard InChI is InChI=1S/C19H23N3O2/c1-14-12-16(20)9-11-22(14)19(23)15-5-7-18(8-6-15)24-13-17-4-2-3-10-21-17/h2-8,10,14,16H,9,11-13,20H2,1H3/t14-,16-/m0/s1. The monoisotopic (exact) mass is 325 g/mol. The van der Waals surface area contributed by atoms with Gasteiger partial charge >= 0.3 is 0 Å². The van der Waals surface area contributed by atoms with Crippen LogP contribution < -0.4 is 10.5 Å². The van der Waals surface area contributed by atoms with Gasteiger partial charge in [-0.1, -0.05) is 6.07 Å². The van der Waals surface area contributed by atoms with Gasteiger partial charge in [0.2, 0.25) is 0 Å². The Hall–Kier alpha value is -2.40. The van der Waals surface area contributed by atoms with Crippen LogP contribution in [-0.4, -0.2) is 34.4 Å². The number of aromatic nitrogens is 1. The maximum Gasteiger partial charge on any atom is 0.254 e. The number of rotatable bonds is 4. The van der Waals surface area contributed by atoms with Gasteiger partial charge in [-0.05, 0) is 56.2 Å². The second-order valence-electron chi connectivity index (χ2n) is 6.27. The molecule has 1 aromatic carbocycles. The van der Waals surface area contributed by atoms with E-state index in [-0.39, 0.29) is 18.0 Å². The highest BCUT2D eigenvalue weighted by molar-refractivity contribution is 5.94. The van der Waals surface area contributed by atoms with Gasteiger partial charge in [-0.25, -0.2) is 0 Å². The summed E-state index contributed by atoms with van der Waals surface area (Å²) in [6.45, 7) is 3.19. The van der Waals surface area contributed by atoms with Crippen molar-refractivity contribution in [2.75, 3.05) is 6.54 Å². The Labute approximate surface area is 142 Å². The van der Waals surface area contributed by atoms with E-state index in [1.54, 1.807) is 6.20 Å². The van der Waals surface area contributed by atoms with Crippen molar-refractivity contribution in [3.8, 4) is 5.75 Å². The van der Waals surface area contributed by atoms with E-state index in [0.29, 0.717) is 12.2 Å². The quantitative estimate of drug-likeness (QED) is 0.938. The summed E-state index contributed by atoms with van der Waals surface area (Å²) in [4.78, 5) is 18.8. The van der Waals surface area contributed by atoms with E-state index >= 15 is 0 Å². The molecule has 1 saturated heterocycles. The molecule has 5 nitrogen and oxygen atoms in total. The lowest BCUT2D eigenvalue weighted by atomic mass is 9.98. The molecule has 126 valence electrons. The van der Waals surface area contributed by atoms with Crippen molar-refractivity contribution >= 4 is 5.91 Å². The normalized spacial score (nSPS) is 20.7. The number of pyridine rings is 1. The van der Waals surface area contributed by atoms with Gasteiger partial charge in [0.05, 0.1) is 5.69 Å². The second-order valence-corrected chi connectivity index (χ2v) is 6.27. The highest BCUT2D eigenvalue weighted by Gasteiger charge is 2.27. The first-order valence-corrected chi connectivity index (χ1v) is 8.33. The maximum absolute atomic E-state index is 12.6. The Balaban J connectivity index is 1.60. The molecule has 24 heavy (non-hydrogen) atoms. The Morgan fingerprint density at radius 1 is 1.29 bits per heavy atom. The number of hydrogen-bond donors (Lipinski definition) is 1. The number of piperidine rings is 1. The Kier molecular flexibility index (Phi) is 5.11. The molecular formula is C19H23N3O2. The van der Waals surface area contributed by atoms with Crippen LogP contribution in [0.4, 0.5) is 0 Å². The minimum atomic E-state index is 0.0608. The zero-order valence-corrected chi connectivity index (χ0v) is 13.9. The molecule has 0 radical (unpaired) electrons. The van der Waals surface area contributed by atoms with E-state index < -0.39 is 0 Å². The SMILES string of the molecule is C[C@H]1C[C@@H](N)CCN1C(=O)c1ccc(OCc2ccccn2)cc1. The molecule has 1 aromatic heterocycles. The van der Waals surface area contributed by atoms with Gasteiger partial charge in [0.25, 0.3) is 5.91 Å². The zero-order valence-electron chi connectivity index (χ0n) is 13.9. The number of carbonyl (C=O) groups excluding carboxylic acids is 1. The first-order valence-electron chi connectivity index (χ1n) is 8.33. The summed E-state index contributed by atoms with van der Waals surface area (Å²) in [7, 11) is 0. The molecule has 1 aliphatic heterocycles. The highest BCUT2D eigenvalue weighted by Crippen LogP contribution is 2.20. The van der Waals surface area contributed by atoms with Crippen LogP contribution in [0.15, 0.2) is 48.7 Å². The lowest BCUT2D eigenvalue weighted by Crippen LogP contribution is -2.48. The van der Waals surface area contributed by atoms with Gasteiger partial charge in [-0.2, -0.15) is 0 Å². The molecule has 0 spiro atoms. The van der Waals surface area contributed by atoms with Crippen molar-refractivity contribution in [1.82, 2.24) is 9.88 Å². The van der Waals surface area contributed by atoms with Crippen LogP contribution in [0.2, 0.25) is 0 Å². The topological polar surface area (TPSA) is 68.5 Å². The van der Waals surface area contributed by atoms with E-state index in [2.05, 4.69) is 11.9 Å². The molecule has 2 aromatic rings. The van der Waals surface area contributed by atoms with E-state index in [4.69, 9.17) is 10.5 Å². The number of hydrogen-bond acceptors (Lipinski definition) is 4. The highest BCUT2D eigenvalue weighted by atomic mass is 16.5. The van der Waals surface area contributed by atoms with Crippen LogP contribution in [0, 0.1) is 0 Å². The molecule has 1 fully saturated rings. The Morgan fingerprint density at radius 3 is 2.75 bits per heavy atom. The minimum Gasteiger partial charge on any atom is -0.487 e. The van der Waals surface area contributed by atoms with Gasteiger partial charge in [-0.15, -0.1) is 0 Å². The summed E-state index contributed by atoms with van der Waals surface area (Å²) in [6, 6.07) is 13.4. The number of amides is 1. The van der Waals surface area contributed by atoms with Crippen LogP contribution >= 0.6 is 0 Å². The van der Waals surface area contributed by atoms with Gasteiger partial charge in [0.15, 0.2) is 0 Å².